The first-order chi connectivity index (χ1) is 30.7. The van der Waals surface area contributed by atoms with Crippen LogP contribution in [0.25, 0.3) is 85.2 Å². The van der Waals surface area contributed by atoms with Crippen LogP contribution in [0.3, 0.4) is 0 Å². The third kappa shape index (κ3) is 5.37. The van der Waals surface area contributed by atoms with Crippen molar-refractivity contribution in [2.75, 3.05) is 9.80 Å². The van der Waals surface area contributed by atoms with Gasteiger partial charge in [0.25, 0.3) is 0 Å². The molecule has 13 aromatic rings. The molecule has 0 saturated heterocycles. The number of hydrogen-bond acceptors (Lipinski definition) is 4. The Labute approximate surface area is 361 Å². The highest BCUT2D eigenvalue weighted by atomic mass is 32.1. The van der Waals surface area contributed by atoms with E-state index in [2.05, 4.69) is 222 Å². The van der Waals surface area contributed by atoms with E-state index in [4.69, 9.17) is 4.42 Å². The van der Waals surface area contributed by atoms with Gasteiger partial charge in [0.2, 0.25) is 0 Å². The van der Waals surface area contributed by atoms with Gasteiger partial charge in [-0.05, 0) is 110 Å². The maximum absolute atomic E-state index is 6.61. The minimum Gasteiger partial charge on any atom is -0.454 e. The second-order valence-electron chi connectivity index (χ2n) is 16.0. The van der Waals surface area contributed by atoms with Crippen LogP contribution in [0.2, 0.25) is 0 Å². The lowest BCUT2D eigenvalue weighted by Gasteiger charge is -2.26. The van der Waals surface area contributed by atoms with Gasteiger partial charge in [-0.15, -0.1) is 11.3 Å². The Hall–Kier alpha value is -7.92. The Balaban J connectivity index is 1.00. The summed E-state index contributed by atoms with van der Waals surface area (Å²) < 4.78 is 9.15. The lowest BCUT2D eigenvalue weighted by molar-refractivity contribution is 0.669. The van der Waals surface area contributed by atoms with E-state index in [1.807, 2.05) is 17.4 Å². The van der Waals surface area contributed by atoms with Gasteiger partial charge in [-0.3, -0.25) is 0 Å². The Morgan fingerprint density at radius 1 is 0.323 bits per heavy atom. The average Bonchev–Trinajstić information content (AvgIpc) is 3.92. The fourth-order valence-corrected chi connectivity index (χ4v) is 11.1. The third-order valence-electron chi connectivity index (χ3n) is 12.6. The standard InChI is InChI=1S/C58H36N2OS/c1-3-15-39(16-4-1)59(41-28-31-45-38(34-41)27-26-37-14-7-8-19-44(37)45)42-29-32-50-52(35-42)46-20-9-10-22-48(46)56-51-33-30-43(36-55(51)62-58(50)56)60(40-17-5-2-6-18-40)53-24-13-23-49-47-21-11-12-25-54(47)61-57(49)53/h1-36H. The van der Waals surface area contributed by atoms with E-state index in [1.165, 1.54) is 63.3 Å². The van der Waals surface area contributed by atoms with Crippen molar-refractivity contribution in [2.45, 2.75) is 0 Å². The summed E-state index contributed by atoms with van der Waals surface area (Å²) in [6, 6.07) is 79.1. The molecule has 2 heterocycles. The Bertz CT molecular complexity index is 3890. The van der Waals surface area contributed by atoms with E-state index >= 15 is 0 Å². The molecule has 0 aliphatic heterocycles. The molecule has 2 aromatic heterocycles. The van der Waals surface area contributed by atoms with Crippen molar-refractivity contribution < 1.29 is 4.42 Å². The van der Waals surface area contributed by atoms with E-state index < -0.39 is 0 Å². The second-order valence-corrected chi connectivity index (χ2v) is 17.1. The summed E-state index contributed by atoms with van der Waals surface area (Å²) >= 11 is 1.88. The van der Waals surface area contributed by atoms with Crippen LogP contribution < -0.4 is 9.80 Å². The molecule has 0 radical (unpaired) electrons. The molecule has 11 aromatic carbocycles. The summed E-state index contributed by atoms with van der Waals surface area (Å²) in [6.07, 6.45) is 0. The normalized spacial score (nSPS) is 11.9. The number of para-hydroxylation sites is 4. The smallest absolute Gasteiger partial charge is 0.159 e. The minimum absolute atomic E-state index is 0.878. The summed E-state index contributed by atoms with van der Waals surface area (Å²) in [4.78, 5) is 4.73. The van der Waals surface area contributed by atoms with Gasteiger partial charge in [-0.2, -0.15) is 0 Å². The fourth-order valence-electron chi connectivity index (χ4n) is 9.79. The maximum Gasteiger partial charge on any atom is 0.159 e. The van der Waals surface area contributed by atoms with Crippen molar-refractivity contribution in [3.05, 3.63) is 218 Å². The molecular weight excluding hydrogens is 773 g/mol. The molecule has 0 aliphatic carbocycles. The Morgan fingerprint density at radius 3 is 1.71 bits per heavy atom. The molecule has 0 N–H and O–H groups in total. The van der Waals surface area contributed by atoms with Crippen molar-refractivity contribution >= 4 is 131 Å². The SMILES string of the molecule is c1ccc(N(c2ccc3c(ccc4ccccc43)c2)c2ccc3c(c2)c2ccccc2c2c4ccc(N(c5ccccc5)c5cccc6c5oc5ccccc56)cc4sc32)cc1. The molecule has 0 spiro atoms. The van der Waals surface area contributed by atoms with E-state index in [0.717, 1.165) is 56.1 Å². The second kappa shape index (κ2) is 13.8. The molecule has 13 rings (SSSR count). The Kier molecular flexibility index (Phi) is 7.78. The number of nitrogens with zero attached hydrogens (tertiary/aromatic N) is 2. The summed E-state index contributed by atoms with van der Waals surface area (Å²) in [7, 11) is 0. The summed E-state index contributed by atoms with van der Waals surface area (Å²) in [5, 5.41) is 14.8. The third-order valence-corrected chi connectivity index (χ3v) is 13.8. The van der Waals surface area contributed by atoms with Crippen LogP contribution in [-0.4, -0.2) is 0 Å². The summed E-state index contributed by atoms with van der Waals surface area (Å²) in [5.41, 5.74) is 8.30. The van der Waals surface area contributed by atoms with Gasteiger partial charge < -0.3 is 14.2 Å². The number of thiophene rings is 1. The molecule has 290 valence electrons. The van der Waals surface area contributed by atoms with Gasteiger partial charge in [-0.25, -0.2) is 0 Å². The van der Waals surface area contributed by atoms with Gasteiger partial charge in [0.1, 0.15) is 5.58 Å². The summed E-state index contributed by atoms with van der Waals surface area (Å²) in [5.74, 6) is 0. The van der Waals surface area contributed by atoms with E-state index in [0.29, 0.717) is 0 Å². The van der Waals surface area contributed by atoms with Gasteiger partial charge in [0.15, 0.2) is 5.58 Å². The molecule has 0 atom stereocenters. The molecule has 3 nitrogen and oxygen atoms in total. The molecule has 4 heteroatoms. The topological polar surface area (TPSA) is 19.6 Å². The highest BCUT2D eigenvalue weighted by molar-refractivity contribution is 7.27. The van der Waals surface area contributed by atoms with E-state index in [-0.39, 0.29) is 0 Å². The quantitative estimate of drug-likeness (QED) is 0.156. The number of rotatable bonds is 6. The van der Waals surface area contributed by atoms with Gasteiger partial charge in [0, 0.05) is 64.8 Å². The number of fused-ring (bicyclic) bond motifs is 14. The molecule has 0 fully saturated rings. The largest absolute Gasteiger partial charge is 0.454 e. The molecular formula is C58H36N2OS. The maximum atomic E-state index is 6.61. The monoisotopic (exact) mass is 808 g/mol. The van der Waals surface area contributed by atoms with Crippen LogP contribution in [-0.2, 0) is 0 Å². The first kappa shape index (κ1) is 34.9. The zero-order valence-electron chi connectivity index (χ0n) is 33.5. The zero-order chi connectivity index (χ0) is 40.7. The fraction of sp³-hybridized carbons (Fsp3) is 0. The van der Waals surface area contributed by atoms with Crippen LogP contribution in [0.4, 0.5) is 34.1 Å². The number of anilines is 6. The minimum atomic E-state index is 0.878. The summed E-state index contributed by atoms with van der Waals surface area (Å²) in [6.45, 7) is 0. The van der Waals surface area contributed by atoms with Crippen molar-refractivity contribution in [3.63, 3.8) is 0 Å². The van der Waals surface area contributed by atoms with Crippen molar-refractivity contribution in [1.29, 1.82) is 0 Å². The Morgan fingerprint density at radius 2 is 0.903 bits per heavy atom. The highest BCUT2D eigenvalue weighted by Gasteiger charge is 2.22. The molecule has 0 saturated carbocycles. The van der Waals surface area contributed by atoms with Crippen LogP contribution in [0.1, 0.15) is 0 Å². The van der Waals surface area contributed by atoms with Crippen molar-refractivity contribution in [2.24, 2.45) is 0 Å². The van der Waals surface area contributed by atoms with Gasteiger partial charge in [-0.1, -0.05) is 146 Å². The molecule has 62 heavy (non-hydrogen) atoms. The first-order valence-corrected chi connectivity index (χ1v) is 21.9. The zero-order valence-corrected chi connectivity index (χ0v) is 34.3. The predicted molar refractivity (Wildman–Crippen MR) is 266 cm³/mol. The van der Waals surface area contributed by atoms with Crippen LogP contribution in [0, 0.1) is 0 Å². The number of benzene rings is 11. The van der Waals surface area contributed by atoms with Crippen molar-refractivity contribution in [3.8, 4) is 0 Å². The lowest BCUT2D eigenvalue weighted by atomic mass is 9.96. The number of furan rings is 1. The first-order valence-electron chi connectivity index (χ1n) is 21.1. The number of hydrogen-bond donors (Lipinski definition) is 0. The van der Waals surface area contributed by atoms with Crippen LogP contribution in [0.15, 0.2) is 223 Å². The van der Waals surface area contributed by atoms with Gasteiger partial charge >= 0.3 is 0 Å². The molecule has 0 unspecified atom stereocenters. The van der Waals surface area contributed by atoms with Crippen molar-refractivity contribution in [1.82, 2.24) is 0 Å². The molecule has 0 amide bonds. The molecule has 0 aliphatic rings. The molecule has 0 bridgehead atoms. The van der Waals surface area contributed by atoms with E-state index in [1.54, 1.807) is 0 Å². The predicted octanol–water partition coefficient (Wildman–Crippen LogP) is 17.5. The lowest BCUT2D eigenvalue weighted by Crippen LogP contribution is -2.09. The average molecular weight is 809 g/mol. The van der Waals surface area contributed by atoms with Crippen LogP contribution in [0.5, 0.6) is 0 Å². The van der Waals surface area contributed by atoms with E-state index in [9.17, 15) is 0 Å². The van der Waals surface area contributed by atoms with Gasteiger partial charge in [0.05, 0.1) is 5.69 Å². The van der Waals surface area contributed by atoms with Crippen LogP contribution >= 0.6 is 11.3 Å². The highest BCUT2D eigenvalue weighted by Crippen LogP contribution is 2.49.